The number of nitro benzene ring substituents is 1. The van der Waals surface area contributed by atoms with Gasteiger partial charge < -0.3 is 33.1 Å². The number of non-ortho nitro benzene ring substituents is 1. The number of nitrogens with zero attached hydrogens (tertiary/aromatic N) is 4. The lowest BCUT2D eigenvalue weighted by Crippen LogP contribution is -2.45. The number of rotatable bonds is 10. The summed E-state index contributed by atoms with van der Waals surface area (Å²) in [6, 6.07) is 14.7. The van der Waals surface area contributed by atoms with E-state index in [0.29, 0.717) is 5.56 Å². The number of ether oxygens (including phenoxy) is 3. The highest BCUT2D eigenvalue weighted by molar-refractivity contribution is 7.62. The summed E-state index contributed by atoms with van der Waals surface area (Å²) in [6.07, 6.45) is 6.81. The highest BCUT2D eigenvalue weighted by Gasteiger charge is 2.37. The zero-order valence-corrected chi connectivity index (χ0v) is 34.3. The number of nitro groups is 1. The summed E-state index contributed by atoms with van der Waals surface area (Å²) in [5, 5.41) is 13.5. The summed E-state index contributed by atoms with van der Waals surface area (Å²) < 4.78 is 44.9. The van der Waals surface area contributed by atoms with Crippen LogP contribution in [-0.2, 0) is 44.0 Å². The van der Waals surface area contributed by atoms with Crippen molar-refractivity contribution in [2.75, 3.05) is 65.5 Å². The van der Waals surface area contributed by atoms with Crippen LogP contribution in [0, 0.1) is 10.1 Å². The number of hydrogen-bond donors (Lipinski definition) is 0. The van der Waals surface area contributed by atoms with Crippen LogP contribution in [0.3, 0.4) is 0 Å². The van der Waals surface area contributed by atoms with Crippen LogP contribution in [0.2, 0.25) is 0 Å². The normalized spacial score (nSPS) is 16.2. The minimum Gasteiger partial charge on any atom is -0.455 e. The first kappa shape index (κ1) is 38.9. The van der Waals surface area contributed by atoms with Gasteiger partial charge in [0.1, 0.15) is 36.9 Å². The van der Waals surface area contributed by atoms with Crippen molar-refractivity contribution in [1.82, 2.24) is 9.48 Å². The van der Waals surface area contributed by atoms with Gasteiger partial charge >= 0.3 is 13.8 Å². The topological polar surface area (TPSA) is 150 Å². The summed E-state index contributed by atoms with van der Waals surface area (Å²) in [5.41, 5.74) is 8.89. The van der Waals surface area contributed by atoms with E-state index in [1.165, 1.54) is 76.7 Å². The van der Waals surface area contributed by atoms with Gasteiger partial charge in [0.15, 0.2) is 0 Å². The molecule has 9 rings (SSSR count). The highest BCUT2D eigenvalue weighted by atomic mass is 31.2. The van der Waals surface area contributed by atoms with E-state index in [1.54, 1.807) is 19.2 Å². The molecule has 5 aliphatic heterocycles. The Bertz CT molecular complexity index is 2600. The van der Waals surface area contributed by atoms with E-state index in [4.69, 9.17) is 23.3 Å². The molecule has 5 aliphatic rings. The van der Waals surface area contributed by atoms with E-state index in [9.17, 15) is 24.3 Å². The predicted octanol–water partition coefficient (Wildman–Crippen LogP) is 5.43. The molecule has 4 aromatic rings. The fraction of sp³-hybridized carbons (Fsp3) is 0.386. The van der Waals surface area contributed by atoms with Crippen molar-refractivity contribution < 1.29 is 42.3 Å². The van der Waals surface area contributed by atoms with E-state index in [2.05, 4.69) is 21.6 Å². The first-order valence-electron chi connectivity index (χ1n) is 20.2. The zero-order valence-electron chi connectivity index (χ0n) is 33.4. The Kier molecular flexibility index (Phi) is 10.3. The molecule has 0 radical (unpaired) electrons. The van der Waals surface area contributed by atoms with Crippen molar-refractivity contribution in [2.45, 2.75) is 51.4 Å². The van der Waals surface area contributed by atoms with Crippen LogP contribution in [0.4, 0.5) is 16.2 Å². The van der Waals surface area contributed by atoms with Gasteiger partial charge in [-0.2, -0.15) is 0 Å². The van der Waals surface area contributed by atoms with Crippen LogP contribution in [0.1, 0.15) is 69.4 Å². The molecule has 1 amide bonds. The van der Waals surface area contributed by atoms with Crippen LogP contribution >= 0.6 is 7.60 Å². The second kappa shape index (κ2) is 15.6. The number of carbonyl (C=O) groups excluding carboxylic acids is 2. The van der Waals surface area contributed by atoms with Gasteiger partial charge in [-0.15, -0.1) is 0 Å². The Labute approximate surface area is 341 Å². The second-order valence-corrected chi connectivity index (χ2v) is 17.9. The molecule has 0 saturated carbocycles. The number of amides is 1. The van der Waals surface area contributed by atoms with Crippen LogP contribution in [0.25, 0.3) is 5.57 Å². The van der Waals surface area contributed by atoms with Crippen molar-refractivity contribution in [2.24, 2.45) is 0 Å². The highest BCUT2D eigenvalue weighted by Crippen LogP contribution is 2.50. The molecule has 0 atom stereocenters. The molecule has 0 N–H and O–H groups in total. The van der Waals surface area contributed by atoms with Gasteiger partial charge in [-0.05, 0) is 86.1 Å². The van der Waals surface area contributed by atoms with E-state index >= 15 is 0 Å². The van der Waals surface area contributed by atoms with Gasteiger partial charge in [-0.25, -0.2) is 9.37 Å². The first-order chi connectivity index (χ1) is 28.6. The number of aryl methyl sites for hydroxylation is 2. The van der Waals surface area contributed by atoms with Crippen LogP contribution in [0.5, 0.6) is 17.2 Å². The Morgan fingerprint density at radius 1 is 0.881 bits per heavy atom. The van der Waals surface area contributed by atoms with Crippen LogP contribution < -0.4 is 34.8 Å². The summed E-state index contributed by atoms with van der Waals surface area (Å²) in [6.45, 7) is 3.86. The van der Waals surface area contributed by atoms with Crippen molar-refractivity contribution in [3.63, 3.8) is 0 Å². The van der Waals surface area contributed by atoms with E-state index in [0.717, 1.165) is 105 Å². The van der Waals surface area contributed by atoms with Gasteiger partial charge in [-0.1, -0.05) is 6.07 Å². The number of hydrogen-bond acceptors (Lipinski definition) is 11. The Morgan fingerprint density at radius 2 is 1.59 bits per heavy atom. The molecule has 0 fully saturated rings. The molecule has 0 saturated heterocycles. The minimum atomic E-state index is -3.79. The summed E-state index contributed by atoms with van der Waals surface area (Å²) in [7, 11) is 0.443. The maximum Gasteiger partial charge on any atom is 0.513 e. The monoisotopic (exact) mass is 821 g/mol. The van der Waals surface area contributed by atoms with Gasteiger partial charge in [0.25, 0.3) is 11.6 Å². The third-order valence-corrected chi connectivity index (χ3v) is 14.1. The molecular weight excluding hydrogens is 775 g/mol. The minimum absolute atomic E-state index is 0.00329. The number of anilines is 1. The Morgan fingerprint density at radius 3 is 2.34 bits per heavy atom. The maximum atomic E-state index is 14.8. The second-order valence-electron chi connectivity index (χ2n) is 15.6. The molecule has 15 heteroatoms. The van der Waals surface area contributed by atoms with E-state index in [-0.39, 0.29) is 35.5 Å². The average Bonchev–Trinajstić information content (AvgIpc) is 3.25. The first-order valence-corrected chi connectivity index (χ1v) is 21.8. The molecule has 59 heavy (non-hydrogen) atoms. The molecule has 0 spiro atoms. The largest absolute Gasteiger partial charge is 0.513 e. The molecule has 306 valence electrons. The lowest BCUT2D eigenvalue weighted by molar-refractivity contribution is -0.384. The smallest absolute Gasteiger partial charge is 0.455 e. The molecule has 5 heterocycles. The van der Waals surface area contributed by atoms with Crippen LogP contribution in [0.15, 0.2) is 54.6 Å². The van der Waals surface area contributed by atoms with Gasteiger partial charge in [-0.3, -0.25) is 19.5 Å². The zero-order chi connectivity index (χ0) is 41.0. The average molecular weight is 822 g/mol. The summed E-state index contributed by atoms with van der Waals surface area (Å²) in [4.78, 5) is 41.8. The maximum absolute atomic E-state index is 14.8. The van der Waals surface area contributed by atoms with Crippen molar-refractivity contribution in [3.8, 4) is 17.2 Å². The number of likely N-dealkylation sites (N-methyl/N-ethyl adjacent to an activating group) is 1. The standard InChI is InChI=1S/C44H46N4O10P/c1-45(22-23-56-44(50)57-30-14-12-29(13-15-30)48(51)52)43(49)35-26-31(59(53,54-2)55-3)16-17-32(35)38-36-24-27-8-4-18-46-20-6-10-33(39(27)46)41(36)58-42-34-11-7-21-47-19-5-9-28(40(34)47)25-37(38)42/h12-17,24-26H,4-11,18-23H2,1-3H3/q+1. The number of fused-ring (bicyclic) bond motifs is 4. The summed E-state index contributed by atoms with van der Waals surface area (Å²) in [5.74, 6) is 1.37. The predicted molar refractivity (Wildman–Crippen MR) is 220 cm³/mol. The summed E-state index contributed by atoms with van der Waals surface area (Å²) >= 11 is 0. The SMILES string of the molecule is COP(=O)(OC)c1ccc(C2=c3cc4c5c(c3Oc3c2cc2c6c3CCCN6CCC2)CCC[N+]=5CCC4)c(C(=O)N(C)CCOC(=O)Oc2ccc([N+](=O)[O-])cc2)c1. The fourth-order valence-electron chi connectivity index (χ4n) is 9.52. The Balaban J connectivity index is 1.16. The Hall–Kier alpha value is -5.56. The van der Waals surface area contributed by atoms with Crippen molar-refractivity contribution in [3.05, 3.63) is 114 Å². The van der Waals surface area contributed by atoms with Crippen LogP contribution in [-0.4, -0.2) is 82.5 Å². The third-order valence-electron chi connectivity index (χ3n) is 12.2. The van der Waals surface area contributed by atoms with E-state index < -0.39 is 24.6 Å². The molecule has 0 unspecified atom stereocenters. The molecule has 0 aliphatic carbocycles. The molecular formula is C44H46N4O10P+. The van der Waals surface area contributed by atoms with Crippen molar-refractivity contribution >= 4 is 41.9 Å². The van der Waals surface area contributed by atoms with Gasteiger partial charge in [0.05, 0.1) is 22.3 Å². The van der Waals surface area contributed by atoms with E-state index in [1.807, 2.05) is 6.07 Å². The quantitative estimate of drug-likeness (QED) is 0.0444. The molecule has 0 aromatic heterocycles. The third kappa shape index (κ3) is 6.86. The number of benzene rings is 4. The molecule has 0 bridgehead atoms. The van der Waals surface area contributed by atoms with Crippen molar-refractivity contribution in [1.29, 1.82) is 0 Å². The lowest BCUT2D eigenvalue weighted by Gasteiger charge is -2.39. The lowest BCUT2D eigenvalue weighted by atomic mass is 9.81. The van der Waals surface area contributed by atoms with Gasteiger partial charge in [0, 0.05) is 98.1 Å². The molecule has 4 aromatic carbocycles. The van der Waals surface area contributed by atoms with Gasteiger partial charge in [0.2, 0.25) is 5.36 Å². The fourth-order valence-corrected chi connectivity index (χ4v) is 10.6. The number of carbonyl (C=O) groups is 2. The molecule has 14 nitrogen and oxygen atoms in total.